The predicted molar refractivity (Wildman–Crippen MR) is 146 cm³/mol. The third kappa shape index (κ3) is 4.78. The summed E-state index contributed by atoms with van der Waals surface area (Å²) in [6.07, 6.45) is 7.18. The van der Waals surface area contributed by atoms with E-state index in [0.29, 0.717) is 35.5 Å². The topological polar surface area (TPSA) is 95.1 Å². The first kappa shape index (κ1) is 25.9. The molecule has 2 aliphatic rings. The Morgan fingerprint density at radius 1 is 1.05 bits per heavy atom. The molecular weight excluding hydrogens is 511 g/mol. The van der Waals surface area contributed by atoms with E-state index in [2.05, 4.69) is 15.4 Å². The van der Waals surface area contributed by atoms with Crippen molar-refractivity contribution < 1.29 is 18.7 Å². The van der Waals surface area contributed by atoms with Crippen molar-refractivity contribution in [2.24, 2.45) is 7.05 Å². The highest BCUT2D eigenvalue weighted by Crippen LogP contribution is 2.55. The molecule has 10 heteroatoms. The number of ether oxygens (including phenoxy) is 1. The zero-order chi connectivity index (χ0) is 27.8. The van der Waals surface area contributed by atoms with Crippen molar-refractivity contribution in [3.8, 4) is 16.8 Å². The van der Waals surface area contributed by atoms with E-state index in [0.717, 1.165) is 37.1 Å². The monoisotopic (exact) mass is 542 g/mol. The summed E-state index contributed by atoms with van der Waals surface area (Å²) < 4.78 is 24.5. The van der Waals surface area contributed by atoms with Gasteiger partial charge in [-0.2, -0.15) is 5.10 Å². The van der Waals surface area contributed by atoms with Crippen LogP contribution in [0.15, 0.2) is 54.9 Å². The first-order valence-electron chi connectivity index (χ1n) is 13.8. The number of carbonyl (C=O) groups excluding carboxylic acids is 2. The van der Waals surface area contributed by atoms with E-state index < -0.39 is 11.8 Å². The van der Waals surface area contributed by atoms with Crippen LogP contribution in [0.2, 0.25) is 0 Å². The van der Waals surface area contributed by atoms with Gasteiger partial charge in [-0.15, -0.1) is 5.10 Å². The largest absolute Gasteiger partial charge is 0.462 e. The number of halogens is 1. The van der Waals surface area contributed by atoms with Crippen LogP contribution in [-0.4, -0.2) is 61.2 Å². The second kappa shape index (κ2) is 10.7. The molecular formula is C30H31FN6O3. The molecule has 2 fully saturated rings. The van der Waals surface area contributed by atoms with Gasteiger partial charge < -0.3 is 9.64 Å². The molecule has 2 aromatic heterocycles. The van der Waals surface area contributed by atoms with Crippen LogP contribution >= 0.6 is 0 Å². The van der Waals surface area contributed by atoms with Gasteiger partial charge in [-0.25, -0.2) is 13.9 Å². The number of carbonyl (C=O) groups is 2. The van der Waals surface area contributed by atoms with Crippen molar-refractivity contribution in [3.63, 3.8) is 0 Å². The third-order valence-corrected chi connectivity index (χ3v) is 7.72. The number of hydrogen-bond donors (Lipinski definition) is 0. The molecule has 6 rings (SSSR count). The summed E-state index contributed by atoms with van der Waals surface area (Å²) in [5.74, 6) is -1.12. The summed E-state index contributed by atoms with van der Waals surface area (Å²) in [7, 11) is 1.82. The standard InChI is InChI=1S/C30H31FN6O3/c1-3-40-30(39)25-17-32-37(28(25)24-16-23(24)26-18-35(2)34-33-26)20-10-7-9-19(15-20)21-11-8-12-22(27(21)31)29(38)36-13-5-4-6-14-36/h7-12,15,17-18,23-24H,3-6,13-14,16H2,1-2H3/t23-,24-/m0/s1. The molecule has 3 heterocycles. The zero-order valence-electron chi connectivity index (χ0n) is 22.6. The third-order valence-electron chi connectivity index (χ3n) is 7.72. The number of rotatable bonds is 7. The zero-order valence-corrected chi connectivity index (χ0v) is 22.6. The number of aromatic nitrogens is 5. The van der Waals surface area contributed by atoms with Crippen molar-refractivity contribution in [2.75, 3.05) is 19.7 Å². The number of piperidine rings is 1. The highest BCUT2D eigenvalue weighted by atomic mass is 19.1. The quantitative estimate of drug-likeness (QED) is 0.309. The lowest BCUT2D eigenvalue weighted by atomic mass is 10.00. The maximum atomic E-state index is 15.8. The highest BCUT2D eigenvalue weighted by molar-refractivity contribution is 5.96. The van der Waals surface area contributed by atoms with Crippen molar-refractivity contribution >= 4 is 11.9 Å². The van der Waals surface area contributed by atoms with E-state index in [1.807, 2.05) is 37.5 Å². The minimum absolute atomic E-state index is 0.00416. The SMILES string of the molecule is CCOC(=O)c1cnn(-c2cccc(-c3cccc(C(=O)N4CCCCC4)c3F)c2)c1[C@H]1C[C@@H]1c1cn(C)nn1. The fourth-order valence-corrected chi connectivity index (χ4v) is 5.64. The number of hydrogen-bond acceptors (Lipinski definition) is 6. The molecule has 1 amide bonds. The first-order chi connectivity index (χ1) is 19.5. The number of amides is 1. The summed E-state index contributed by atoms with van der Waals surface area (Å²) in [5, 5.41) is 12.9. The van der Waals surface area contributed by atoms with Gasteiger partial charge in [-0.1, -0.05) is 29.5 Å². The molecule has 0 radical (unpaired) electrons. The molecule has 4 aromatic rings. The van der Waals surface area contributed by atoms with Crippen molar-refractivity contribution in [1.82, 2.24) is 29.7 Å². The van der Waals surface area contributed by atoms with Crippen LogP contribution in [0.5, 0.6) is 0 Å². The van der Waals surface area contributed by atoms with E-state index in [4.69, 9.17) is 4.74 Å². The van der Waals surface area contributed by atoms with E-state index in [9.17, 15) is 9.59 Å². The predicted octanol–water partition coefficient (Wildman–Crippen LogP) is 4.88. The van der Waals surface area contributed by atoms with Gasteiger partial charge in [-0.05, 0) is 56.4 Å². The Morgan fingerprint density at radius 3 is 2.60 bits per heavy atom. The Morgan fingerprint density at radius 2 is 1.85 bits per heavy atom. The maximum absolute atomic E-state index is 15.8. The van der Waals surface area contributed by atoms with Gasteiger partial charge in [0.15, 0.2) is 0 Å². The van der Waals surface area contributed by atoms with Gasteiger partial charge in [0, 0.05) is 43.7 Å². The first-order valence-corrected chi connectivity index (χ1v) is 13.8. The molecule has 2 atom stereocenters. The molecule has 206 valence electrons. The fourth-order valence-electron chi connectivity index (χ4n) is 5.64. The normalized spacial score (nSPS) is 18.5. The van der Waals surface area contributed by atoms with Crippen LogP contribution in [0.3, 0.4) is 0 Å². The smallest absolute Gasteiger partial charge is 0.341 e. The average Bonchev–Trinajstić information content (AvgIpc) is 3.42. The molecule has 2 aromatic carbocycles. The summed E-state index contributed by atoms with van der Waals surface area (Å²) in [6.45, 7) is 3.33. The lowest BCUT2D eigenvalue weighted by Crippen LogP contribution is -2.36. The summed E-state index contributed by atoms with van der Waals surface area (Å²) in [6, 6.07) is 12.3. The van der Waals surface area contributed by atoms with E-state index >= 15 is 4.39 Å². The van der Waals surface area contributed by atoms with E-state index in [-0.39, 0.29) is 29.9 Å². The number of esters is 1. The second-order valence-electron chi connectivity index (χ2n) is 10.4. The molecule has 0 N–H and O–H groups in total. The van der Waals surface area contributed by atoms with Gasteiger partial charge in [-0.3, -0.25) is 9.48 Å². The summed E-state index contributed by atoms with van der Waals surface area (Å²) in [4.78, 5) is 27.7. The van der Waals surface area contributed by atoms with E-state index in [1.54, 1.807) is 39.4 Å². The molecule has 0 bridgehead atoms. The Bertz CT molecular complexity index is 1570. The Hall–Kier alpha value is -4.34. The molecule has 0 spiro atoms. The molecule has 1 saturated heterocycles. The molecule has 40 heavy (non-hydrogen) atoms. The van der Waals surface area contributed by atoms with Crippen molar-refractivity contribution in [3.05, 3.63) is 83.2 Å². The van der Waals surface area contributed by atoms with Gasteiger partial charge in [0.25, 0.3) is 5.91 Å². The Kier molecular flexibility index (Phi) is 6.91. The lowest BCUT2D eigenvalue weighted by molar-refractivity contribution is 0.0524. The van der Waals surface area contributed by atoms with Gasteiger partial charge in [0.05, 0.1) is 35.4 Å². The Balaban J connectivity index is 1.36. The van der Waals surface area contributed by atoms with Crippen LogP contribution in [0.25, 0.3) is 16.8 Å². The maximum Gasteiger partial charge on any atom is 0.341 e. The molecule has 1 aliphatic carbocycles. The summed E-state index contributed by atoms with van der Waals surface area (Å²) >= 11 is 0. The number of benzene rings is 2. The number of likely N-dealkylation sites (tertiary alicyclic amines) is 1. The number of nitrogens with zero attached hydrogens (tertiary/aromatic N) is 6. The lowest BCUT2D eigenvalue weighted by Gasteiger charge is -2.27. The molecule has 1 saturated carbocycles. The van der Waals surface area contributed by atoms with Crippen LogP contribution in [0.1, 0.15) is 76.5 Å². The summed E-state index contributed by atoms with van der Waals surface area (Å²) in [5.41, 5.74) is 3.72. The van der Waals surface area contributed by atoms with Crippen LogP contribution in [-0.2, 0) is 11.8 Å². The molecule has 9 nitrogen and oxygen atoms in total. The van der Waals surface area contributed by atoms with Gasteiger partial charge in [0.2, 0.25) is 0 Å². The Labute approximate surface area is 231 Å². The van der Waals surface area contributed by atoms with Crippen LogP contribution in [0.4, 0.5) is 4.39 Å². The van der Waals surface area contributed by atoms with Crippen molar-refractivity contribution in [2.45, 2.75) is 44.4 Å². The van der Waals surface area contributed by atoms with Gasteiger partial charge in [0.1, 0.15) is 11.4 Å². The fraction of sp³-hybridized carbons (Fsp3) is 0.367. The highest BCUT2D eigenvalue weighted by Gasteiger charge is 2.46. The average molecular weight is 543 g/mol. The molecule has 0 unspecified atom stereocenters. The minimum Gasteiger partial charge on any atom is -0.462 e. The van der Waals surface area contributed by atoms with E-state index in [1.165, 1.54) is 6.20 Å². The van der Waals surface area contributed by atoms with Crippen LogP contribution in [0, 0.1) is 5.82 Å². The molecule has 1 aliphatic heterocycles. The second-order valence-corrected chi connectivity index (χ2v) is 10.4. The van der Waals surface area contributed by atoms with Crippen LogP contribution < -0.4 is 0 Å². The van der Waals surface area contributed by atoms with Crippen molar-refractivity contribution in [1.29, 1.82) is 0 Å². The number of aryl methyl sites for hydroxylation is 1. The van der Waals surface area contributed by atoms with Gasteiger partial charge >= 0.3 is 5.97 Å². The minimum atomic E-state index is -0.534.